The molecule has 0 aliphatic carbocycles. The first-order chi connectivity index (χ1) is 13.8. The molecule has 0 aliphatic heterocycles. The Morgan fingerprint density at radius 1 is 0.828 bits per heavy atom. The largest absolute Gasteiger partial charge is 0.496 e. The van der Waals surface area contributed by atoms with Crippen LogP contribution in [0.25, 0.3) is 0 Å². The second-order valence-electron chi connectivity index (χ2n) is 6.77. The van der Waals surface area contributed by atoms with Gasteiger partial charge in [0, 0.05) is 23.9 Å². The van der Waals surface area contributed by atoms with Crippen molar-refractivity contribution < 1.29 is 28.4 Å². The van der Waals surface area contributed by atoms with Gasteiger partial charge in [0.15, 0.2) is 20.0 Å². The van der Waals surface area contributed by atoms with Crippen molar-refractivity contribution in [1.82, 2.24) is 0 Å². The molecule has 2 rings (SSSR count). The lowest BCUT2D eigenvalue weighted by Gasteiger charge is -2.19. The Labute approximate surface area is 172 Å². The van der Waals surface area contributed by atoms with E-state index in [1.54, 1.807) is 12.1 Å². The number of ether oxygens (including phenoxy) is 3. The van der Waals surface area contributed by atoms with E-state index in [9.17, 15) is 14.2 Å². The first-order valence-corrected chi connectivity index (χ1v) is 10.0. The van der Waals surface area contributed by atoms with Crippen LogP contribution in [0.15, 0.2) is 24.3 Å². The van der Waals surface area contributed by atoms with Crippen LogP contribution in [-0.2, 0) is 4.57 Å². The molecular weight excluding hydrogens is 391 g/mol. The van der Waals surface area contributed by atoms with Crippen LogP contribution in [0.5, 0.6) is 17.2 Å². The topological polar surface area (TPSA) is 78.9 Å². The van der Waals surface area contributed by atoms with E-state index in [1.165, 1.54) is 21.3 Å². The molecule has 0 aliphatic rings. The zero-order valence-corrected chi connectivity index (χ0v) is 18.4. The van der Waals surface area contributed by atoms with Gasteiger partial charge < -0.3 is 14.2 Å². The minimum absolute atomic E-state index is 0.125. The van der Waals surface area contributed by atoms with Gasteiger partial charge in [0.25, 0.3) is 0 Å². The maximum atomic E-state index is 13.4. The lowest BCUT2D eigenvalue weighted by Crippen LogP contribution is -2.28. The summed E-state index contributed by atoms with van der Waals surface area (Å²) in [6.07, 6.45) is -0.136. The van der Waals surface area contributed by atoms with Crippen molar-refractivity contribution in [3.63, 3.8) is 0 Å². The summed E-state index contributed by atoms with van der Waals surface area (Å²) < 4.78 is 27.4. The average molecular weight is 416 g/mol. The summed E-state index contributed by atoms with van der Waals surface area (Å²) in [7, 11) is 4.03. The monoisotopic (exact) mass is 416 g/mol. The van der Waals surface area contributed by atoms with Crippen LogP contribution >= 0.6 is 8.46 Å². The van der Waals surface area contributed by atoms with E-state index < -0.39 is 11.7 Å². The van der Waals surface area contributed by atoms with E-state index in [0.717, 1.165) is 16.7 Å². The smallest absolute Gasteiger partial charge is 0.181 e. The van der Waals surface area contributed by atoms with Gasteiger partial charge in [-0.3, -0.25) is 14.2 Å². The van der Waals surface area contributed by atoms with Gasteiger partial charge in [-0.2, -0.15) is 0 Å². The van der Waals surface area contributed by atoms with E-state index >= 15 is 0 Å². The van der Waals surface area contributed by atoms with Gasteiger partial charge in [0.05, 0.1) is 27.2 Å². The fraction of sp³-hybridized carbons (Fsp3) is 0.364. The lowest BCUT2D eigenvalue weighted by molar-refractivity contribution is 0.0819. The van der Waals surface area contributed by atoms with E-state index in [-0.39, 0.29) is 37.5 Å². The van der Waals surface area contributed by atoms with Gasteiger partial charge >= 0.3 is 0 Å². The Kier molecular flexibility index (Phi) is 7.52. The molecule has 0 heterocycles. The molecule has 0 saturated heterocycles. The van der Waals surface area contributed by atoms with Crippen molar-refractivity contribution in [2.24, 2.45) is 5.92 Å². The van der Waals surface area contributed by atoms with Gasteiger partial charge in [-0.25, -0.2) is 0 Å². The Morgan fingerprint density at radius 2 is 1.31 bits per heavy atom. The summed E-state index contributed by atoms with van der Waals surface area (Å²) >= 11 is 0. The molecule has 7 heteroatoms. The van der Waals surface area contributed by atoms with Gasteiger partial charge in [-0.05, 0) is 31.9 Å². The van der Waals surface area contributed by atoms with Crippen LogP contribution in [0.2, 0.25) is 0 Å². The van der Waals surface area contributed by atoms with Crippen molar-refractivity contribution in [1.29, 1.82) is 0 Å². The third kappa shape index (κ3) is 4.65. The molecule has 0 saturated carbocycles. The number of methoxy groups -OCH3 is 3. The molecule has 0 amide bonds. The van der Waals surface area contributed by atoms with Crippen molar-refractivity contribution >= 4 is 20.0 Å². The fourth-order valence-electron chi connectivity index (χ4n) is 3.53. The highest BCUT2D eigenvalue weighted by Crippen LogP contribution is 2.37. The molecule has 2 aromatic carbocycles. The third-order valence-electron chi connectivity index (χ3n) is 4.77. The predicted molar refractivity (Wildman–Crippen MR) is 111 cm³/mol. The van der Waals surface area contributed by atoms with Crippen LogP contribution in [0.4, 0.5) is 0 Å². The van der Waals surface area contributed by atoms with Gasteiger partial charge in [0.1, 0.15) is 22.8 Å². The molecule has 0 radical (unpaired) electrons. The molecule has 1 unspecified atom stereocenters. The standard InChI is InChI=1S/C22H25O6P/c1-12-7-13(2)19(14(3)8-12)21(23)16(11-29-25)22(24)20-17(27-5)9-15(26-4)10-18(20)28-6/h7-10,16H,11H2,1-6H3. The molecule has 0 fully saturated rings. The number of aryl methyl sites for hydroxylation is 3. The number of hydrogen-bond donors (Lipinski definition) is 0. The molecular formula is C22H25O6P. The van der Waals surface area contributed by atoms with Crippen LogP contribution in [0.1, 0.15) is 37.4 Å². The summed E-state index contributed by atoms with van der Waals surface area (Å²) in [5, 5.41) is 0. The van der Waals surface area contributed by atoms with Crippen LogP contribution in [0, 0.1) is 26.7 Å². The third-order valence-corrected chi connectivity index (χ3v) is 5.29. The summed E-state index contributed by atoms with van der Waals surface area (Å²) in [5.41, 5.74) is 3.19. The summed E-state index contributed by atoms with van der Waals surface area (Å²) in [6, 6.07) is 6.89. The van der Waals surface area contributed by atoms with Gasteiger partial charge in [-0.1, -0.05) is 17.7 Å². The van der Waals surface area contributed by atoms with E-state index in [1.807, 2.05) is 32.9 Å². The maximum absolute atomic E-state index is 13.4. The molecule has 29 heavy (non-hydrogen) atoms. The number of benzene rings is 2. The molecule has 0 bridgehead atoms. The lowest BCUT2D eigenvalue weighted by atomic mass is 9.86. The Balaban J connectivity index is 2.61. The molecule has 0 spiro atoms. The zero-order chi connectivity index (χ0) is 21.7. The van der Waals surface area contributed by atoms with Gasteiger partial charge in [-0.15, -0.1) is 0 Å². The predicted octanol–water partition coefficient (Wildman–Crippen LogP) is 4.61. The first kappa shape index (κ1) is 22.6. The quantitative estimate of drug-likeness (QED) is 0.337. The van der Waals surface area contributed by atoms with Crippen molar-refractivity contribution in [2.45, 2.75) is 20.8 Å². The number of carbonyl (C=O) groups is 2. The molecule has 0 aromatic heterocycles. The van der Waals surface area contributed by atoms with Crippen LogP contribution in [0.3, 0.4) is 0 Å². The maximum Gasteiger partial charge on any atom is 0.181 e. The Bertz CT molecular complexity index is 902. The van der Waals surface area contributed by atoms with E-state index in [0.29, 0.717) is 11.3 Å². The highest BCUT2D eigenvalue weighted by atomic mass is 31.1. The summed E-state index contributed by atoms with van der Waals surface area (Å²) in [6.45, 7) is 5.61. The zero-order valence-electron chi connectivity index (χ0n) is 17.5. The molecule has 1 atom stereocenters. The highest BCUT2D eigenvalue weighted by molar-refractivity contribution is 7.23. The van der Waals surface area contributed by atoms with Crippen LogP contribution < -0.4 is 14.2 Å². The second-order valence-corrected chi connectivity index (χ2v) is 7.40. The number of Topliss-reactive ketones (excluding diaryl/α,β-unsaturated/α-hetero) is 2. The Morgan fingerprint density at radius 3 is 1.72 bits per heavy atom. The van der Waals surface area contributed by atoms with Crippen molar-refractivity contribution in [2.75, 3.05) is 27.5 Å². The number of ketones is 2. The second kappa shape index (κ2) is 9.66. The molecule has 0 N–H and O–H groups in total. The van der Waals surface area contributed by atoms with E-state index in [2.05, 4.69) is 0 Å². The first-order valence-electron chi connectivity index (χ1n) is 9.04. The normalized spacial score (nSPS) is 11.8. The highest BCUT2D eigenvalue weighted by Gasteiger charge is 2.34. The number of rotatable bonds is 9. The molecule has 2 aromatic rings. The minimum atomic E-state index is -1.13. The van der Waals surface area contributed by atoms with Crippen molar-refractivity contribution in [3.8, 4) is 17.2 Å². The van der Waals surface area contributed by atoms with E-state index in [4.69, 9.17) is 14.2 Å². The summed E-state index contributed by atoms with van der Waals surface area (Å²) in [5.74, 6) is -1.11. The SMILES string of the molecule is COc1cc(OC)c(C(=O)C(CP=O)C(=O)c2c(C)cc(C)cc2C)c(OC)c1. The minimum Gasteiger partial charge on any atom is -0.496 e. The van der Waals surface area contributed by atoms with Gasteiger partial charge in [0.2, 0.25) is 0 Å². The molecule has 6 nitrogen and oxygen atoms in total. The molecule has 154 valence electrons. The van der Waals surface area contributed by atoms with Crippen molar-refractivity contribution in [3.05, 3.63) is 52.1 Å². The Hall–Kier alpha value is -2.72. The number of carbonyl (C=O) groups excluding carboxylic acids is 2. The van der Waals surface area contributed by atoms with Crippen LogP contribution in [-0.4, -0.2) is 39.1 Å². The fourth-order valence-corrected chi connectivity index (χ4v) is 4.01. The average Bonchev–Trinajstić information content (AvgIpc) is 2.69. The summed E-state index contributed by atoms with van der Waals surface area (Å²) in [4.78, 5) is 26.8. The number of hydrogen-bond acceptors (Lipinski definition) is 6.